The average molecular weight is 281 g/mol. The van der Waals surface area contributed by atoms with Crippen LogP contribution < -0.4 is 15.8 Å². The SMILES string of the molecule is CC(C)(C)NC(=O)c1ccc(OCC(=CF)C[NH3+])cc1. The number of rotatable bonds is 5. The van der Waals surface area contributed by atoms with Gasteiger partial charge >= 0.3 is 0 Å². The molecule has 4 N–H and O–H groups in total. The van der Waals surface area contributed by atoms with Crippen LogP contribution in [0.25, 0.3) is 0 Å². The predicted molar refractivity (Wildman–Crippen MR) is 76.1 cm³/mol. The molecule has 0 saturated carbocycles. The molecule has 1 rings (SSSR count). The van der Waals surface area contributed by atoms with Crippen molar-refractivity contribution in [1.29, 1.82) is 0 Å². The van der Waals surface area contributed by atoms with E-state index in [2.05, 4.69) is 11.1 Å². The van der Waals surface area contributed by atoms with Gasteiger partial charge in [-0.3, -0.25) is 4.79 Å². The summed E-state index contributed by atoms with van der Waals surface area (Å²) >= 11 is 0. The van der Waals surface area contributed by atoms with Gasteiger partial charge in [0, 0.05) is 16.7 Å². The Labute approximate surface area is 118 Å². The third kappa shape index (κ3) is 5.40. The maximum Gasteiger partial charge on any atom is 0.251 e. The Morgan fingerprint density at radius 3 is 2.40 bits per heavy atom. The molecular weight excluding hydrogens is 259 g/mol. The van der Waals surface area contributed by atoms with Gasteiger partial charge in [0.1, 0.15) is 18.9 Å². The Morgan fingerprint density at radius 2 is 1.95 bits per heavy atom. The van der Waals surface area contributed by atoms with Crippen LogP contribution in [0.15, 0.2) is 36.2 Å². The van der Waals surface area contributed by atoms with E-state index in [1.807, 2.05) is 20.8 Å². The molecule has 0 fully saturated rings. The predicted octanol–water partition coefficient (Wildman–Crippen LogP) is 1.69. The molecule has 0 unspecified atom stereocenters. The highest BCUT2D eigenvalue weighted by atomic mass is 19.1. The van der Waals surface area contributed by atoms with Gasteiger partial charge in [-0.05, 0) is 45.0 Å². The van der Waals surface area contributed by atoms with Crippen molar-refractivity contribution in [2.45, 2.75) is 26.3 Å². The highest BCUT2D eigenvalue weighted by Crippen LogP contribution is 2.14. The minimum Gasteiger partial charge on any atom is -0.489 e. The lowest BCUT2D eigenvalue weighted by Crippen LogP contribution is -2.51. The van der Waals surface area contributed by atoms with Gasteiger partial charge in [-0.2, -0.15) is 0 Å². The molecule has 5 heteroatoms. The summed E-state index contributed by atoms with van der Waals surface area (Å²) in [5.41, 5.74) is 4.37. The molecular formula is C15H22FN2O2+. The maximum atomic E-state index is 12.4. The Kier molecular flexibility index (Phi) is 5.70. The fourth-order valence-corrected chi connectivity index (χ4v) is 1.45. The summed E-state index contributed by atoms with van der Waals surface area (Å²) in [6.45, 7) is 6.29. The first-order chi connectivity index (χ1) is 9.35. The molecule has 0 heterocycles. The number of hydrogen-bond donors (Lipinski definition) is 2. The van der Waals surface area contributed by atoms with Gasteiger partial charge in [0.2, 0.25) is 0 Å². The van der Waals surface area contributed by atoms with Crippen LogP contribution in [0.1, 0.15) is 31.1 Å². The highest BCUT2D eigenvalue weighted by molar-refractivity contribution is 5.94. The van der Waals surface area contributed by atoms with Crippen molar-refractivity contribution in [3.8, 4) is 5.75 Å². The molecule has 0 spiro atoms. The Balaban J connectivity index is 2.63. The van der Waals surface area contributed by atoms with Crippen molar-refractivity contribution in [2.75, 3.05) is 13.2 Å². The summed E-state index contributed by atoms with van der Waals surface area (Å²) in [6.07, 6.45) is 0.512. The Bertz CT molecular complexity index is 476. The van der Waals surface area contributed by atoms with E-state index in [0.717, 1.165) is 0 Å². The minimum absolute atomic E-state index is 0.133. The lowest BCUT2D eigenvalue weighted by molar-refractivity contribution is -0.356. The first-order valence-corrected chi connectivity index (χ1v) is 6.48. The molecule has 1 aromatic carbocycles. The molecule has 110 valence electrons. The summed E-state index contributed by atoms with van der Waals surface area (Å²) < 4.78 is 17.8. The highest BCUT2D eigenvalue weighted by Gasteiger charge is 2.15. The quantitative estimate of drug-likeness (QED) is 0.862. The van der Waals surface area contributed by atoms with Crippen molar-refractivity contribution in [3.05, 3.63) is 41.7 Å². The number of halogens is 1. The summed E-state index contributed by atoms with van der Waals surface area (Å²) in [5, 5.41) is 2.88. The molecule has 0 aliphatic heterocycles. The van der Waals surface area contributed by atoms with Crippen molar-refractivity contribution >= 4 is 5.91 Å². The normalized spacial score (nSPS) is 12.2. The van der Waals surface area contributed by atoms with E-state index >= 15 is 0 Å². The zero-order chi connectivity index (χ0) is 15.2. The number of nitrogens with one attached hydrogen (secondary N) is 1. The van der Waals surface area contributed by atoms with Gasteiger partial charge in [-0.15, -0.1) is 0 Å². The van der Waals surface area contributed by atoms with E-state index in [1.54, 1.807) is 24.3 Å². The van der Waals surface area contributed by atoms with E-state index in [9.17, 15) is 9.18 Å². The summed E-state index contributed by atoms with van der Waals surface area (Å²) in [5.74, 6) is 0.455. The Hall–Kier alpha value is -1.88. The zero-order valence-corrected chi connectivity index (χ0v) is 12.2. The molecule has 1 amide bonds. The van der Waals surface area contributed by atoms with Crippen LogP contribution in [0.3, 0.4) is 0 Å². The van der Waals surface area contributed by atoms with Crippen LogP contribution in [-0.4, -0.2) is 24.6 Å². The largest absolute Gasteiger partial charge is 0.489 e. The van der Waals surface area contributed by atoms with E-state index in [4.69, 9.17) is 4.74 Å². The number of amides is 1. The molecule has 1 aromatic rings. The van der Waals surface area contributed by atoms with Gasteiger partial charge < -0.3 is 15.8 Å². The standard InChI is InChI=1S/C15H21FN2O2/c1-15(2,3)18-14(19)12-4-6-13(7-5-12)20-10-11(8-16)9-17/h4-8H,9-10,17H2,1-3H3,(H,18,19)/p+1. The van der Waals surface area contributed by atoms with Gasteiger partial charge in [0.05, 0.1) is 6.33 Å². The molecule has 20 heavy (non-hydrogen) atoms. The molecule has 0 atom stereocenters. The van der Waals surface area contributed by atoms with Crippen LogP contribution >= 0.6 is 0 Å². The van der Waals surface area contributed by atoms with Crippen molar-refractivity contribution < 1.29 is 19.7 Å². The molecule has 0 aromatic heterocycles. The smallest absolute Gasteiger partial charge is 0.251 e. The lowest BCUT2D eigenvalue weighted by atomic mass is 10.1. The van der Waals surface area contributed by atoms with Crippen LogP contribution in [0.5, 0.6) is 5.75 Å². The number of quaternary nitrogens is 1. The van der Waals surface area contributed by atoms with Crippen molar-refractivity contribution in [3.63, 3.8) is 0 Å². The third-order valence-electron chi connectivity index (χ3n) is 2.50. The molecule has 4 nitrogen and oxygen atoms in total. The zero-order valence-electron chi connectivity index (χ0n) is 12.2. The van der Waals surface area contributed by atoms with Gasteiger partial charge in [0.15, 0.2) is 0 Å². The topological polar surface area (TPSA) is 66.0 Å². The van der Waals surface area contributed by atoms with E-state index in [-0.39, 0.29) is 18.1 Å². The number of carbonyl (C=O) groups excluding carboxylic acids is 1. The summed E-state index contributed by atoms with van der Waals surface area (Å²) in [7, 11) is 0. The third-order valence-corrected chi connectivity index (χ3v) is 2.50. The fraction of sp³-hybridized carbons (Fsp3) is 0.400. The lowest BCUT2D eigenvalue weighted by Gasteiger charge is -2.20. The summed E-state index contributed by atoms with van der Waals surface area (Å²) in [4.78, 5) is 11.9. The average Bonchev–Trinajstić information content (AvgIpc) is 2.38. The van der Waals surface area contributed by atoms with E-state index in [1.165, 1.54) is 0 Å². The van der Waals surface area contributed by atoms with Gasteiger partial charge in [0.25, 0.3) is 5.91 Å². The fourth-order valence-electron chi connectivity index (χ4n) is 1.45. The second-order valence-electron chi connectivity index (χ2n) is 5.53. The van der Waals surface area contributed by atoms with Crippen molar-refractivity contribution in [1.82, 2.24) is 5.32 Å². The number of carbonyl (C=O) groups is 1. The second kappa shape index (κ2) is 7.05. The Morgan fingerprint density at radius 1 is 1.35 bits per heavy atom. The van der Waals surface area contributed by atoms with E-state index < -0.39 is 0 Å². The monoisotopic (exact) mass is 281 g/mol. The number of hydrogen-bond acceptors (Lipinski definition) is 2. The van der Waals surface area contributed by atoms with Gasteiger partial charge in [-0.1, -0.05) is 0 Å². The summed E-state index contributed by atoms with van der Waals surface area (Å²) in [6, 6.07) is 6.74. The van der Waals surface area contributed by atoms with Crippen LogP contribution in [0.4, 0.5) is 4.39 Å². The molecule has 0 aliphatic carbocycles. The van der Waals surface area contributed by atoms with Crippen LogP contribution in [0, 0.1) is 0 Å². The number of ether oxygens (including phenoxy) is 1. The van der Waals surface area contributed by atoms with Crippen LogP contribution in [-0.2, 0) is 0 Å². The maximum absolute atomic E-state index is 12.4. The first kappa shape index (κ1) is 16.2. The number of benzene rings is 1. The van der Waals surface area contributed by atoms with Gasteiger partial charge in [-0.25, -0.2) is 4.39 Å². The minimum atomic E-state index is -0.277. The van der Waals surface area contributed by atoms with Crippen LogP contribution in [0.2, 0.25) is 0 Å². The van der Waals surface area contributed by atoms with E-state index in [0.29, 0.717) is 29.8 Å². The molecule has 0 radical (unpaired) electrons. The molecule has 0 saturated heterocycles. The first-order valence-electron chi connectivity index (χ1n) is 6.48. The second-order valence-corrected chi connectivity index (χ2v) is 5.53. The molecule has 0 aliphatic rings. The molecule has 0 bridgehead atoms. The van der Waals surface area contributed by atoms with Crippen molar-refractivity contribution in [2.24, 2.45) is 0 Å².